The van der Waals surface area contributed by atoms with Crippen LogP contribution in [0.5, 0.6) is 5.75 Å². The van der Waals surface area contributed by atoms with Gasteiger partial charge in [-0.15, -0.1) is 0 Å². The predicted octanol–water partition coefficient (Wildman–Crippen LogP) is 4.52. The zero-order valence-electron chi connectivity index (χ0n) is 16.9. The van der Waals surface area contributed by atoms with E-state index in [0.717, 1.165) is 22.8 Å². The summed E-state index contributed by atoms with van der Waals surface area (Å²) in [7, 11) is 1.63. The fraction of sp³-hybridized carbons (Fsp3) is 0.0909. The molecule has 156 valence electrons. The highest BCUT2D eigenvalue weighted by atomic mass is 16.5. The number of hydrogen-bond donors (Lipinski definition) is 3. The number of rotatable bonds is 7. The van der Waals surface area contributed by atoms with Gasteiger partial charge in [0, 0.05) is 34.9 Å². The van der Waals surface area contributed by atoms with Gasteiger partial charge in [0.15, 0.2) is 0 Å². The molecule has 0 atom stereocenters. The van der Waals surface area contributed by atoms with E-state index < -0.39 is 0 Å². The normalized spacial score (nSPS) is 10.4. The third kappa shape index (κ3) is 5.15. The van der Waals surface area contributed by atoms with E-state index in [4.69, 9.17) is 9.26 Å². The number of aryl methyl sites for hydroxylation is 1. The Labute approximate surface area is 178 Å². The molecule has 0 unspecified atom stereocenters. The maximum atomic E-state index is 12.0. The van der Waals surface area contributed by atoms with Crippen molar-refractivity contribution in [3.63, 3.8) is 0 Å². The number of benzene rings is 2. The van der Waals surface area contributed by atoms with Crippen molar-refractivity contribution in [2.24, 2.45) is 0 Å². The van der Waals surface area contributed by atoms with Gasteiger partial charge in [0.05, 0.1) is 13.3 Å². The van der Waals surface area contributed by atoms with Crippen LogP contribution in [0.25, 0.3) is 0 Å². The summed E-state index contributed by atoms with van der Waals surface area (Å²) in [6, 6.07) is 18.1. The average Bonchev–Trinajstić information content (AvgIpc) is 3.30. The SMILES string of the molecule is COc1ccc(Nc2cc(C)nc(Nc3ccc(NC(=O)c4ccno4)cc3)n2)cc1. The summed E-state index contributed by atoms with van der Waals surface area (Å²) < 4.78 is 10.0. The zero-order chi connectivity index (χ0) is 21.6. The molecule has 1 amide bonds. The molecule has 0 fully saturated rings. The molecule has 3 N–H and O–H groups in total. The number of amides is 1. The second-order valence-electron chi connectivity index (χ2n) is 6.60. The van der Waals surface area contributed by atoms with Gasteiger partial charge in [0.2, 0.25) is 11.7 Å². The van der Waals surface area contributed by atoms with Gasteiger partial charge in [-0.1, -0.05) is 5.16 Å². The molecule has 2 aromatic heterocycles. The molecule has 4 rings (SSSR count). The van der Waals surface area contributed by atoms with Crippen LogP contribution in [0.1, 0.15) is 16.2 Å². The van der Waals surface area contributed by atoms with Crippen molar-refractivity contribution < 1.29 is 14.1 Å². The lowest BCUT2D eigenvalue weighted by Gasteiger charge is -2.11. The minimum atomic E-state index is -0.366. The lowest BCUT2D eigenvalue weighted by atomic mass is 10.2. The van der Waals surface area contributed by atoms with Crippen LogP contribution in [0.2, 0.25) is 0 Å². The van der Waals surface area contributed by atoms with Gasteiger partial charge in [-0.05, 0) is 55.5 Å². The molecule has 9 nitrogen and oxygen atoms in total. The van der Waals surface area contributed by atoms with Crippen molar-refractivity contribution >= 4 is 34.7 Å². The summed E-state index contributed by atoms with van der Waals surface area (Å²) in [6.07, 6.45) is 1.42. The van der Waals surface area contributed by atoms with Crippen LogP contribution in [0, 0.1) is 6.92 Å². The number of hydrogen-bond acceptors (Lipinski definition) is 8. The van der Waals surface area contributed by atoms with Crippen molar-refractivity contribution in [3.8, 4) is 5.75 Å². The van der Waals surface area contributed by atoms with E-state index in [2.05, 4.69) is 31.1 Å². The summed E-state index contributed by atoms with van der Waals surface area (Å²) in [4.78, 5) is 21.0. The van der Waals surface area contributed by atoms with Gasteiger partial charge >= 0.3 is 0 Å². The van der Waals surface area contributed by atoms with Crippen molar-refractivity contribution in [1.29, 1.82) is 0 Å². The van der Waals surface area contributed by atoms with Gasteiger partial charge in [0.1, 0.15) is 11.6 Å². The molecule has 0 saturated carbocycles. The number of carbonyl (C=O) groups excluding carboxylic acids is 1. The fourth-order valence-corrected chi connectivity index (χ4v) is 2.80. The Hall–Kier alpha value is -4.40. The molecule has 4 aromatic rings. The number of anilines is 5. The molecule has 0 saturated heterocycles. The molecule has 2 heterocycles. The van der Waals surface area contributed by atoms with Crippen LogP contribution in [0.4, 0.5) is 28.8 Å². The van der Waals surface area contributed by atoms with Gasteiger partial charge in [-0.2, -0.15) is 4.98 Å². The number of nitrogens with one attached hydrogen (secondary N) is 3. The molecule has 9 heteroatoms. The van der Waals surface area contributed by atoms with Crippen LogP contribution in [-0.4, -0.2) is 28.1 Å². The maximum Gasteiger partial charge on any atom is 0.294 e. The van der Waals surface area contributed by atoms with E-state index in [0.29, 0.717) is 17.5 Å². The lowest BCUT2D eigenvalue weighted by Crippen LogP contribution is -2.10. The van der Waals surface area contributed by atoms with Crippen molar-refractivity contribution in [2.45, 2.75) is 6.92 Å². The van der Waals surface area contributed by atoms with Crippen LogP contribution >= 0.6 is 0 Å². The smallest absolute Gasteiger partial charge is 0.294 e. The molecule has 2 aromatic carbocycles. The quantitative estimate of drug-likeness (QED) is 0.403. The van der Waals surface area contributed by atoms with E-state index in [-0.39, 0.29) is 11.7 Å². The molecule has 0 radical (unpaired) electrons. The Morgan fingerprint density at radius 2 is 1.58 bits per heavy atom. The first-order valence-corrected chi connectivity index (χ1v) is 9.45. The third-order valence-electron chi connectivity index (χ3n) is 4.28. The Bertz CT molecular complexity index is 1160. The van der Waals surface area contributed by atoms with Gasteiger partial charge in [-0.3, -0.25) is 4.79 Å². The van der Waals surface area contributed by atoms with E-state index >= 15 is 0 Å². The monoisotopic (exact) mass is 416 g/mol. The van der Waals surface area contributed by atoms with Crippen molar-refractivity contribution in [2.75, 3.05) is 23.1 Å². The lowest BCUT2D eigenvalue weighted by molar-refractivity contribution is 0.0988. The van der Waals surface area contributed by atoms with Gasteiger partial charge in [0.25, 0.3) is 5.91 Å². The summed E-state index contributed by atoms with van der Waals surface area (Å²) in [6.45, 7) is 1.90. The van der Waals surface area contributed by atoms with E-state index in [1.165, 1.54) is 12.3 Å². The van der Waals surface area contributed by atoms with E-state index in [9.17, 15) is 4.79 Å². The Morgan fingerprint density at radius 3 is 2.26 bits per heavy atom. The van der Waals surface area contributed by atoms with E-state index in [1.807, 2.05) is 49.4 Å². The summed E-state index contributed by atoms with van der Waals surface area (Å²) in [5.41, 5.74) is 3.10. The molecular formula is C22H20N6O3. The van der Waals surface area contributed by atoms with Crippen molar-refractivity contribution in [3.05, 3.63) is 78.3 Å². The first kappa shape index (κ1) is 19.9. The number of ether oxygens (including phenoxy) is 1. The Balaban J connectivity index is 1.43. The highest BCUT2D eigenvalue weighted by molar-refractivity contribution is 6.02. The van der Waals surface area contributed by atoms with Crippen LogP contribution < -0.4 is 20.7 Å². The third-order valence-corrected chi connectivity index (χ3v) is 4.28. The average molecular weight is 416 g/mol. The maximum absolute atomic E-state index is 12.0. The number of methoxy groups -OCH3 is 1. The predicted molar refractivity (Wildman–Crippen MR) is 117 cm³/mol. The molecule has 0 spiro atoms. The van der Waals surface area contributed by atoms with Crippen LogP contribution in [-0.2, 0) is 0 Å². The highest BCUT2D eigenvalue weighted by Gasteiger charge is 2.10. The van der Waals surface area contributed by atoms with Gasteiger partial charge < -0.3 is 25.2 Å². The number of aromatic nitrogens is 3. The molecule has 0 aliphatic carbocycles. The fourth-order valence-electron chi connectivity index (χ4n) is 2.80. The number of carbonyl (C=O) groups is 1. The molecule has 0 aliphatic rings. The molecule has 0 bridgehead atoms. The summed E-state index contributed by atoms with van der Waals surface area (Å²) in [5, 5.41) is 12.7. The largest absolute Gasteiger partial charge is 0.497 e. The molecule has 0 aliphatic heterocycles. The van der Waals surface area contributed by atoms with E-state index in [1.54, 1.807) is 19.2 Å². The van der Waals surface area contributed by atoms with Crippen molar-refractivity contribution in [1.82, 2.24) is 15.1 Å². The second-order valence-corrected chi connectivity index (χ2v) is 6.60. The Kier molecular flexibility index (Phi) is 5.75. The van der Waals surface area contributed by atoms with Crippen LogP contribution in [0.3, 0.4) is 0 Å². The first-order chi connectivity index (χ1) is 15.1. The highest BCUT2D eigenvalue weighted by Crippen LogP contribution is 2.22. The van der Waals surface area contributed by atoms with Crippen LogP contribution in [0.15, 0.2) is 71.4 Å². The number of nitrogens with zero attached hydrogens (tertiary/aromatic N) is 3. The first-order valence-electron chi connectivity index (χ1n) is 9.45. The topological polar surface area (TPSA) is 114 Å². The standard InChI is InChI=1S/C22H20N6O3/c1-14-13-20(25-15-7-9-18(30-2)10-8-15)28-22(24-14)27-17-5-3-16(4-6-17)26-21(29)19-11-12-23-31-19/h3-13H,1-2H3,(H,26,29)(H2,24,25,27,28). The molecule has 31 heavy (non-hydrogen) atoms. The minimum Gasteiger partial charge on any atom is -0.497 e. The Morgan fingerprint density at radius 1 is 0.903 bits per heavy atom. The minimum absolute atomic E-state index is 0.146. The molecular weight excluding hydrogens is 396 g/mol. The summed E-state index contributed by atoms with van der Waals surface area (Å²) >= 11 is 0. The van der Waals surface area contributed by atoms with Gasteiger partial charge in [-0.25, -0.2) is 4.98 Å². The zero-order valence-corrected chi connectivity index (χ0v) is 16.9. The second kappa shape index (κ2) is 8.95. The summed E-state index contributed by atoms with van der Waals surface area (Å²) in [5.74, 6) is 1.68.